The van der Waals surface area contributed by atoms with Crippen LogP contribution in [0.5, 0.6) is 11.5 Å². The molecule has 0 aliphatic carbocycles. The smallest absolute Gasteiger partial charge is 0.258 e. The van der Waals surface area contributed by atoms with E-state index in [1.807, 2.05) is 0 Å². The van der Waals surface area contributed by atoms with E-state index in [0.29, 0.717) is 35.8 Å². The van der Waals surface area contributed by atoms with Gasteiger partial charge in [0.15, 0.2) is 6.61 Å². The molecule has 7 heteroatoms. The molecule has 0 unspecified atom stereocenters. The molecule has 128 valence electrons. The molecular weight excluding hydrogens is 310 g/mol. The van der Waals surface area contributed by atoms with Crippen molar-refractivity contribution in [2.45, 2.75) is 20.4 Å². The van der Waals surface area contributed by atoms with Crippen molar-refractivity contribution in [3.8, 4) is 11.5 Å². The first-order valence-corrected chi connectivity index (χ1v) is 7.57. The molecule has 0 fully saturated rings. The van der Waals surface area contributed by atoms with Gasteiger partial charge in [0.05, 0.1) is 13.4 Å². The number of amides is 1. The molecule has 1 aromatic carbocycles. The van der Waals surface area contributed by atoms with E-state index < -0.39 is 0 Å². The second-order valence-corrected chi connectivity index (χ2v) is 5.27. The van der Waals surface area contributed by atoms with Crippen LogP contribution in [0.3, 0.4) is 0 Å². The van der Waals surface area contributed by atoms with Gasteiger partial charge in [0.2, 0.25) is 0 Å². The lowest BCUT2D eigenvalue weighted by atomic mass is 10.3. The number of carbonyl (C=O) groups is 1. The van der Waals surface area contributed by atoms with Crippen LogP contribution < -0.4 is 20.3 Å². The van der Waals surface area contributed by atoms with Gasteiger partial charge in [-0.05, 0) is 26.0 Å². The van der Waals surface area contributed by atoms with Crippen molar-refractivity contribution >= 4 is 5.91 Å². The highest BCUT2D eigenvalue weighted by Crippen LogP contribution is 2.18. The molecule has 2 rings (SSSR count). The summed E-state index contributed by atoms with van der Waals surface area (Å²) in [7, 11) is 1.56. The summed E-state index contributed by atoms with van der Waals surface area (Å²) in [5.41, 5.74) is 1.24. The standard InChI is InChI=1S/C17H21N3O4/c1-12-13(2)19-11-20(17(12)22)8-7-18-16(21)10-24-15-6-4-5-14(9-15)23-3/h4-6,9,11H,7-8,10H2,1-3H3,(H,18,21). The minimum Gasteiger partial charge on any atom is -0.497 e. The molecule has 1 amide bonds. The molecule has 7 nitrogen and oxygen atoms in total. The number of nitrogens with zero attached hydrogens (tertiary/aromatic N) is 2. The Bertz CT molecular complexity index is 771. The number of ether oxygens (including phenoxy) is 2. The first kappa shape index (κ1) is 17.5. The van der Waals surface area contributed by atoms with Gasteiger partial charge in [-0.25, -0.2) is 4.98 Å². The first-order chi connectivity index (χ1) is 11.5. The normalized spacial score (nSPS) is 10.3. The van der Waals surface area contributed by atoms with E-state index in [9.17, 15) is 9.59 Å². The van der Waals surface area contributed by atoms with E-state index in [4.69, 9.17) is 9.47 Å². The molecular formula is C17H21N3O4. The van der Waals surface area contributed by atoms with E-state index in [-0.39, 0.29) is 18.1 Å². The summed E-state index contributed by atoms with van der Waals surface area (Å²) in [5, 5.41) is 2.71. The monoisotopic (exact) mass is 331 g/mol. The third-order valence-corrected chi connectivity index (χ3v) is 3.60. The average molecular weight is 331 g/mol. The van der Waals surface area contributed by atoms with Gasteiger partial charge < -0.3 is 14.8 Å². The molecule has 1 aromatic heterocycles. The lowest BCUT2D eigenvalue weighted by Crippen LogP contribution is -2.34. The Hall–Kier alpha value is -2.83. The van der Waals surface area contributed by atoms with Crippen molar-refractivity contribution in [3.05, 3.63) is 52.2 Å². The number of hydrogen-bond donors (Lipinski definition) is 1. The van der Waals surface area contributed by atoms with E-state index in [2.05, 4.69) is 10.3 Å². The van der Waals surface area contributed by atoms with Crippen LogP contribution in [-0.4, -0.2) is 35.7 Å². The molecule has 0 bridgehead atoms. The van der Waals surface area contributed by atoms with Crippen LogP contribution >= 0.6 is 0 Å². The van der Waals surface area contributed by atoms with Gasteiger partial charge in [0, 0.05) is 30.4 Å². The van der Waals surface area contributed by atoms with Crippen LogP contribution in [-0.2, 0) is 11.3 Å². The minimum atomic E-state index is -0.261. The van der Waals surface area contributed by atoms with Crippen LogP contribution in [0, 0.1) is 13.8 Å². The number of aromatic nitrogens is 2. The SMILES string of the molecule is COc1cccc(OCC(=O)NCCn2cnc(C)c(C)c2=O)c1. The summed E-state index contributed by atoms with van der Waals surface area (Å²) < 4.78 is 12.0. The van der Waals surface area contributed by atoms with Crippen LogP contribution in [0.25, 0.3) is 0 Å². The number of benzene rings is 1. The van der Waals surface area contributed by atoms with E-state index in [1.54, 1.807) is 45.2 Å². The molecule has 1 heterocycles. The Morgan fingerprint density at radius 2 is 2.04 bits per heavy atom. The molecule has 0 saturated carbocycles. The Morgan fingerprint density at radius 1 is 1.29 bits per heavy atom. The zero-order valence-corrected chi connectivity index (χ0v) is 14.0. The molecule has 1 N–H and O–H groups in total. The fourth-order valence-electron chi connectivity index (χ4n) is 2.04. The number of aryl methyl sites for hydroxylation is 1. The van der Waals surface area contributed by atoms with E-state index in [0.717, 1.165) is 0 Å². The van der Waals surface area contributed by atoms with Gasteiger partial charge in [-0.15, -0.1) is 0 Å². The number of rotatable bonds is 7. The van der Waals surface area contributed by atoms with E-state index >= 15 is 0 Å². The number of nitrogens with one attached hydrogen (secondary N) is 1. The van der Waals surface area contributed by atoms with Gasteiger partial charge >= 0.3 is 0 Å². The summed E-state index contributed by atoms with van der Waals surface area (Å²) in [4.78, 5) is 28.0. The van der Waals surface area contributed by atoms with Gasteiger partial charge in [-0.2, -0.15) is 0 Å². The molecule has 0 aliphatic heterocycles. The third-order valence-electron chi connectivity index (χ3n) is 3.60. The highest BCUT2D eigenvalue weighted by molar-refractivity contribution is 5.77. The lowest BCUT2D eigenvalue weighted by molar-refractivity contribution is -0.123. The highest BCUT2D eigenvalue weighted by Gasteiger charge is 2.06. The quantitative estimate of drug-likeness (QED) is 0.820. The zero-order valence-electron chi connectivity index (χ0n) is 14.0. The van der Waals surface area contributed by atoms with Crippen LogP contribution in [0.15, 0.2) is 35.4 Å². The van der Waals surface area contributed by atoms with E-state index in [1.165, 1.54) is 10.9 Å². The number of carbonyl (C=O) groups excluding carboxylic acids is 1. The summed E-state index contributed by atoms with van der Waals surface area (Å²) in [6, 6.07) is 7.02. The van der Waals surface area contributed by atoms with Crippen LogP contribution in [0.1, 0.15) is 11.3 Å². The molecule has 0 saturated heterocycles. The maximum absolute atomic E-state index is 12.0. The highest BCUT2D eigenvalue weighted by atomic mass is 16.5. The van der Waals surface area contributed by atoms with Crippen LogP contribution in [0.2, 0.25) is 0 Å². The molecule has 0 aliphatic rings. The second-order valence-electron chi connectivity index (χ2n) is 5.27. The predicted molar refractivity (Wildman–Crippen MR) is 89.5 cm³/mol. The maximum Gasteiger partial charge on any atom is 0.258 e. The molecule has 24 heavy (non-hydrogen) atoms. The van der Waals surface area contributed by atoms with Crippen LogP contribution in [0.4, 0.5) is 0 Å². The summed E-state index contributed by atoms with van der Waals surface area (Å²) in [6.45, 7) is 4.11. The Morgan fingerprint density at radius 3 is 2.79 bits per heavy atom. The minimum absolute atomic E-state index is 0.0932. The maximum atomic E-state index is 12.0. The molecule has 0 atom stereocenters. The fraction of sp³-hybridized carbons (Fsp3) is 0.353. The van der Waals surface area contributed by atoms with Crippen molar-refractivity contribution in [2.75, 3.05) is 20.3 Å². The number of methoxy groups -OCH3 is 1. The van der Waals surface area contributed by atoms with Gasteiger partial charge in [-0.1, -0.05) is 6.07 Å². The van der Waals surface area contributed by atoms with Gasteiger partial charge in [0.25, 0.3) is 11.5 Å². The van der Waals surface area contributed by atoms with Crippen molar-refractivity contribution < 1.29 is 14.3 Å². The van der Waals surface area contributed by atoms with Crippen molar-refractivity contribution in [2.24, 2.45) is 0 Å². The lowest BCUT2D eigenvalue weighted by Gasteiger charge is -2.10. The second kappa shape index (κ2) is 8.14. The Kier molecular flexibility index (Phi) is 5.95. The largest absolute Gasteiger partial charge is 0.497 e. The number of hydrogen-bond acceptors (Lipinski definition) is 5. The van der Waals surface area contributed by atoms with Crippen molar-refractivity contribution in [1.29, 1.82) is 0 Å². The first-order valence-electron chi connectivity index (χ1n) is 7.57. The Balaban J connectivity index is 1.79. The van der Waals surface area contributed by atoms with Gasteiger partial charge in [0.1, 0.15) is 11.5 Å². The Labute approximate surface area is 140 Å². The summed E-state index contributed by atoms with van der Waals surface area (Å²) in [5.74, 6) is 0.955. The molecule has 0 radical (unpaired) electrons. The summed E-state index contributed by atoms with van der Waals surface area (Å²) >= 11 is 0. The third kappa shape index (κ3) is 4.58. The molecule has 2 aromatic rings. The topological polar surface area (TPSA) is 82.4 Å². The zero-order chi connectivity index (χ0) is 17.5. The fourth-order valence-corrected chi connectivity index (χ4v) is 2.04. The van der Waals surface area contributed by atoms with Crippen molar-refractivity contribution in [3.63, 3.8) is 0 Å². The average Bonchev–Trinajstić information content (AvgIpc) is 2.60. The summed E-state index contributed by atoms with van der Waals surface area (Å²) in [6.07, 6.45) is 1.49. The van der Waals surface area contributed by atoms with Crippen molar-refractivity contribution in [1.82, 2.24) is 14.9 Å². The molecule has 0 spiro atoms. The van der Waals surface area contributed by atoms with Gasteiger partial charge in [-0.3, -0.25) is 14.2 Å². The predicted octanol–water partition coefficient (Wildman–Crippen LogP) is 1.06.